The molecule has 0 spiro atoms. The molecule has 0 saturated carbocycles. The largest absolute Gasteiger partial charge is 0.481 e. The van der Waals surface area contributed by atoms with Crippen molar-refractivity contribution in [1.82, 2.24) is 10.6 Å². The summed E-state index contributed by atoms with van der Waals surface area (Å²) in [7, 11) is 0. The highest BCUT2D eigenvalue weighted by atomic mass is 16.4. The maximum absolute atomic E-state index is 11.8. The normalized spacial score (nSPS) is 20.6. The fourth-order valence-electron chi connectivity index (χ4n) is 1.99. The second kappa shape index (κ2) is 8.06. The van der Waals surface area contributed by atoms with E-state index in [-0.39, 0.29) is 18.4 Å². The summed E-state index contributed by atoms with van der Waals surface area (Å²) in [5.41, 5.74) is 0. The molecule has 0 radical (unpaired) electrons. The van der Waals surface area contributed by atoms with E-state index in [2.05, 4.69) is 10.6 Å². The molecule has 0 aliphatic carbocycles. The summed E-state index contributed by atoms with van der Waals surface area (Å²) in [6.07, 6.45) is 5.86. The van der Waals surface area contributed by atoms with Gasteiger partial charge in [0.05, 0.1) is 6.04 Å². The molecule has 1 atom stereocenters. The van der Waals surface area contributed by atoms with Crippen molar-refractivity contribution in [1.29, 1.82) is 0 Å². The predicted molar refractivity (Wildman–Crippen MR) is 64.8 cm³/mol. The molecule has 5 heteroatoms. The Morgan fingerprint density at radius 2 is 2.06 bits per heavy atom. The van der Waals surface area contributed by atoms with Crippen LogP contribution in [0, 0.1) is 0 Å². The zero-order valence-electron chi connectivity index (χ0n) is 10.2. The average Bonchev–Trinajstić information content (AvgIpc) is 2.56. The molecule has 17 heavy (non-hydrogen) atoms. The van der Waals surface area contributed by atoms with E-state index >= 15 is 0 Å². The SMILES string of the molecule is O=C(O)CCCCNC(=O)C1CCCCCN1. The van der Waals surface area contributed by atoms with Crippen molar-refractivity contribution in [3.63, 3.8) is 0 Å². The van der Waals surface area contributed by atoms with E-state index in [0.29, 0.717) is 13.0 Å². The number of aliphatic carboxylic acids is 1. The van der Waals surface area contributed by atoms with Crippen LogP contribution in [0.1, 0.15) is 44.9 Å². The molecule has 0 aromatic heterocycles. The lowest BCUT2D eigenvalue weighted by Gasteiger charge is -2.15. The first-order chi connectivity index (χ1) is 8.20. The topological polar surface area (TPSA) is 78.4 Å². The zero-order valence-corrected chi connectivity index (χ0v) is 10.2. The van der Waals surface area contributed by atoms with Crippen LogP contribution < -0.4 is 10.6 Å². The van der Waals surface area contributed by atoms with Crippen molar-refractivity contribution in [2.24, 2.45) is 0 Å². The van der Waals surface area contributed by atoms with Gasteiger partial charge in [0, 0.05) is 13.0 Å². The van der Waals surface area contributed by atoms with Gasteiger partial charge in [-0.25, -0.2) is 0 Å². The van der Waals surface area contributed by atoms with E-state index in [9.17, 15) is 9.59 Å². The molecule has 1 saturated heterocycles. The van der Waals surface area contributed by atoms with Gasteiger partial charge in [-0.15, -0.1) is 0 Å². The number of carbonyl (C=O) groups is 2. The van der Waals surface area contributed by atoms with E-state index in [0.717, 1.165) is 32.2 Å². The quantitative estimate of drug-likeness (QED) is 0.604. The first kappa shape index (κ1) is 14.0. The maximum atomic E-state index is 11.8. The minimum absolute atomic E-state index is 0.0576. The van der Waals surface area contributed by atoms with Gasteiger partial charge in [0.2, 0.25) is 5.91 Å². The van der Waals surface area contributed by atoms with Crippen LogP contribution >= 0.6 is 0 Å². The van der Waals surface area contributed by atoms with Gasteiger partial charge in [0.25, 0.3) is 0 Å². The minimum Gasteiger partial charge on any atom is -0.481 e. The Kier molecular flexibility index (Phi) is 6.62. The summed E-state index contributed by atoms with van der Waals surface area (Å²) in [6.45, 7) is 1.49. The number of hydrogen-bond acceptors (Lipinski definition) is 3. The van der Waals surface area contributed by atoms with Crippen molar-refractivity contribution in [3.8, 4) is 0 Å². The fourth-order valence-corrected chi connectivity index (χ4v) is 1.99. The summed E-state index contributed by atoms with van der Waals surface area (Å²) in [5, 5.41) is 14.6. The molecular formula is C12H22N2O3. The first-order valence-corrected chi connectivity index (χ1v) is 6.43. The molecule has 1 heterocycles. The summed E-state index contributed by atoms with van der Waals surface area (Å²) in [6, 6.07) is -0.0584. The second-order valence-corrected chi connectivity index (χ2v) is 4.50. The second-order valence-electron chi connectivity index (χ2n) is 4.50. The van der Waals surface area contributed by atoms with E-state index in [4.69, 9.17) is 5.11 Å². The van der Waals surface area contributed by atoms with Crippen molar-refractivity contribution >= 4 is 11.9 Å². The van der Waals surface area contributed by atoms with Gasteiger partial charge in [-0.05, 0) is 32.2 Å². The Labute approximate surface area is 102 Å². The zero-order chi connectivity index (χ0) is 12.5. The third-order valence-electron chi connectivity index (χ3n) is 2.99. The first-order valence-electron chi connectivity index (χ1n) is 6.43. The monoisotopic (exact) mass is 242 g/mol. The molecule has 0 aromatic rings. The Hall–Kier alpha value is -1.10. The molecule has 1 rings (SSSR count). The molecule has 98 valence electrons. The standard InChI is InChI=1S/C12H22N2O3/c15-11(16)7-3-5-9-14-12(17)10-6-2-1-4-8-13-10/h10,13H,1-9H2,(H,14,17)(H,15,16). The van der Waals surface area contributed by atoms with Crippen molar-refractivity contribution < 1.29 is 14.7 Å². The van der Waals surface area contributed by atoms with E-state index in [1.54, 1.807) is 0 Å². The number of carbonyl (C=O) groups excluding carboxylic acids is 1. The summed E-state index contributed by atoms with van der Waals surface area (Å²) < 4.78 is 0. The molecule has 3 N–H and O–H groups in total. The van der Waals surface area contributed by atoms with Crippen LogP contribution in [0.25, 0.3) is 0 Å². The minimum atomic E-state index is -0.776. The van der Waals surface area contributed by atoms with Crippen LogP contribution in [0.15, 0.2) is 0 Å². The summed E-state index contributed by atoms with van der Waals surface area (Å²) in [4.78, 5) is 22.0. The molecule has 1 aliphatic rings. The fraction of sp³-hybridized carbons (Fsp3) is 0.833. The van der Waals surface area contributed by atoms with Gasteiger partial charge >= 0.3 is 5.97 Å². The number of nitrogens with one attached hydrogen (secondary N) is 2. The van der Waals surface area contributed by atoms with Gasteiger partial charge < -0.3 is 15.7 Å². The van der Waals surface area contributed by atoms with Crippen molar-refractivity contribution in [3.05, 3.63) is 0 Å². The molecule has 1 fully saturated rings. The molecule has 0 bridgehead atoms. The highest BCUT2D eigenvalue weighted by Crippen LogP contribution is 2.08. The Morgan fingerprint density at radius 1 is 1.24 bits per heavy atom. The third kappa shape index (κ3) is 6.26. The molecule has 0 aromatic carbocycles. The third-order valence-corrected chi connectivity index (χ3v) is 2.99. The molecule has 1 amide bonds. The van der Waals surface area contributed by atoms with Gasteiger partial charge in [0.1, 0.15) is 0 Å². The number of rotatable bonds is 6. The van der Waals surface area contributed by atoms with E-state index < -0.39 is 5.97 Å². The number of carboxylic acid groups (broad SMARTS) is 1. The lowest BCUT2D eigenvalue weighted by molar-refractivity contribution is -0.137. The molecule has 5 nitrogen and oxygen atoms in total. The molecular weight excluding hydrogens is 220 g/mol. The van der Waals surface area contributed by atoms with Gasteiger partial charge in [-0.3, -0.25) is 9.59 Å². The Morgan fingerprint density at radius 3 is 2.82 bits per heavy atom. The Bertz CT molecular complexity index is 248. The summed E-state index contributed by atoms with van der Waals surface area (Å²) in [5.74, 6) is -0.719. The number of amides is 1. The van der Waals surface area contributed by atoms with Crippen LogP contribution in [0.5, 0.6) is 0 Å². The Balaban J connectivity index is 2.09. The van der Waals surface area contributed by atoms with Crippen LogP contribution in [0.3, 0.4) is 0 Å². The highest BCUT2D eigenvalue weighted by Gasteiger charge is 2.18. The lowest BCUT2D eigenvalue weighted by Crippen LogP contribution is -2.44. The van der Waals surface area contributed by atoms with Crippen molar-refractivity contribution in [2.75, 3.05) is 13.1 Å². The summed E-state index contributed by atoms with van der Waals surface area (Å²) >= 11 is 0. The van der Waals surface area contributed by atoms with E-state index in [1.165, 1.54) is 6.42 Å². The van der Waals surface area contributed by atoms with Crippen LogP contribution in [0.4, 0.5) is 0 Å². The number of unbranched alkanes of at least 4 members (excludes halogenated alkanes) is 1. The van der Waals surface area contributed by atoms with Crippen molar-refractivity contribution in [2.45, 2.75) is 51.0 Å². The van der Waals surface area contributed by atoms with Gasteiger partial charge in [-0.1, -0.05) is 12.8 Å². The van der Waals surface area contributed by atoms with Crippen LogP contribution in [-0.4, -0.2) is 36.1 Å². The predicted octanol–water partition coefficient (Wildman–Crippen LogP) is 0.890. The van der Waals surface area contributed by atoms with Gasteiger partial charge in [-0.2, -0.15) is 0 Å². The number of hydrogen-bond donors (Lipinski definition) is 3. The average molecular weight is 242 g/mol. The number of carboxylic acids is 1. The van der Waals surface area contributed by atoms with E-state index in [1.807, 2.05) is 0 Å². The van der Waals surface area contributed by atoms with Crippen LogP contribution in [0.2, 0.25) is 0 Å². The maximum Gasteiger partial charge on any atom is 0.303 e. The molecule has 1 aliphatic heterocycles. The highest BCUT2D eigenvalue weighted by molar-refractivity contribution is 5.81. The smallest absolute Gasteiger partial charge is 0.303 e. The molecule has 1 unspecified atom stereocenters. The van der Waals surface area contributed by atoms with Crippen LogP contribution in [-0.2, 0) is 9.59 Å². The van der Waals surface area contributed by atoms with Gasteiger partial charge in [0.15, 0.2) is 0 Å². The lowest BCUT2D eigenvalue weighted by atomic mass is 10.1.